The fraction of sp³-hybridized carbons (Fsp3) is 0.909. The van der Waals surface area contributed by atoms with Gasteiger partial charge in [-0.15, -0.1) is 0 Å². The predicted molar refractivity (Wildman–Crippen MR) is 100 cm³/mol. The molecule has 4 heteroatoms. The number of esters is 2. The summed E-state index contributed by atoms with van der Waals surface area (Å²) in [6, 6.07) is 0. The van der Waals surface area contributed by atoms with Gasteiger partial charge in [-0.3, -0.25) is 9.59 Å². The maximum absolute atomic E-state index is 13.1. The standard InChI is InChI=1S/C22H36O4/c1-6-21(5,19(24)25-7-2)14-20(3,4)18(23)26-22-11-15-8-16(12-22)10-17(9-15)13-22/h15-17H,6-14H2,1-5H3. The van der Waals surface area contributed by atoms with Crippen LogP contribution in [0, 0.1) is 28.6 Å². The third-order valence-electron chi connectivity index (χ3n) is 7.22. The van der Waals surface area contributed by atoms with E-state index in [1.807, 2.05) is 34.6 Å². The lowest BCUT2D eigenvalue weighted by molar-refractivity contribution is -0.197. The van der Waals surface area contributed by atoms with Crippen LogP contribution in [-0.2, 0) is 19.1 Å². The molecule has 1 atom stereocenters. The minimum atomic E-state index is -0.694. The van der Waals surface area contributed by atoms with Gasteiger partial charge in [-0.2, -0.15) is 0 Å². The largest absolute Gasteiger partial charge is 0.466 e. The average molecular weight is 365 g/mol. The highest BCUT2D eigenvalue weighted by Crippen LogP contribution is 2.57. The van der Waals surface area contributed by atoms with Crippen molar-refractivity contribution in [3.63, 3.8) is 0 Å². The summed E-state index contributed by atoms with van der Waals surface area (Å²) < 4.78 is 11.5. The van der Waals surface area contributed by atoms with Crippen molar-refractivity contribution in [2.75, 3.05) is 6.61 Å². The van der Waals surface area contributed by atoms with Gasteiger partial charge in [-0.1, -0.05) is 6.92 Å². The lowest BCUT2D eigenvalue weighted by Gasteiger charge is -2.56. The quantitative estimate of drug-likeness (QED) is 0.603. The molecular formula is C22H36O4. The third-order valence-corrected chi connectivity index (χ3v) is 7.22. The molecule has 4 aliphatic carbocycles. The summed E-state index contributed by atoms with van der Waals surface area (Å²) in [7, 11) is 0. The van der Waals surface area contributed by atoms with Crippen LogP contribution in [0.2, 0.25) is 0 Å². The second-order valence-corrected chi connectivity index (χ2v) is 10.2. The lowest BCUT2D eigenvalue weighted by atomic mass is 9.54. The minimum Gasteiger partial charge on any atom is -0.466 e. The maximum atomic E-state index is 13.1. The zero-order valence-corrected chi connectivity index (χ0v) is 17.2. The molecule has 4 rings (SSSR count). The highest BCUT2D eigenvalue weighted by Gasteiger charge is 2.54. The Labute approximate surface area is 158 Å². The van der Waals surface area contributed by atoms with E-state index in [1.165, 1.54) is 19.3 Å². The van der Waals surface area contributed by atoms with Gasteiger partial charge in [0.1, 0.15) is 5.60 Å². The van der Waals surface area contributed by atoms with Crippen LogP contribution >= 0.6 is 0 Å². The summed E-state index contributed by atoms with van der Waals surface area (Å²) in [5, 5.41) is 0. The topological polar surface area (TPSA) is 52.6 Å². The number of hydrogen-bond donors (Lipinski definition) is 0. The highest BCUT2D eigenvalue weighted by atomic mass is 16.6. The lowest BCUT2D eigenvalue weighted by Crippen LogP contribution is -2.54. The first-order valence-electron chi connectivity index (χ1n) is 10.5. The van der Waals surface area contributed by atoms with Gasteiger partial charge in [0.15, 0.2) is 0 Å². The van der Waals surface area contributed by atoms with Gasteiger partial charge in [0, 0.05) is 0 Å². The molecule has 0 heterocycles. The Morgan fingerprint density at radius 2 is 1.42 bits per heavy atom. The summed E-state index contributed by atoms with van der Waals surface area (Å²) in [5.74, 6) is 1.90. The Hall–Kier alpha value is -1.06. The molecule has 0 aromatic rings. The van der Waals surface area contributed by atoms with Gasteiger partial charge in [-0.05, 0) is 96.8 Å². The van der Waals surface area contributed by atoms with Crippen molar-refractivity contribution in [2.45, 2.75) is 91.6 Å². The molecule has 26 heavy (non-hydrogen) atoms. The van der Waals surface area contributed by atoms with E-state index in [2.05, 4.69) is 0 Å². The smallest absolute Gasteiger partial charge is 0.312 e. The predicted octanol–water partition coefficient (Wildman–Crippen LogP) is 4.89. The van der Waals surface area contributed by atoms with Gasteiger partial charge >= 0.3 is 11.9 Å². The second kappa shape index (κ2) is 6.83. The maximum Gasteiger partial charge on any atom is 0.312 e. The van der Waals surface area contributed by atoms with Crippen molar-refractivity contribution in [2.24, 2.45) is 28.6 Å². The van der Waals surface area contributed by atoms with Gasteiger partial charge in [0.2, 0.25) is 0 Å². The first-order chi connectivity index (χ1) is 12.1. The van der Waals surface area contributed by atoms with Gasteiger partial charge in [0.05, 0.1) is 17.4 Å². The molecule has 0 radical (unpaired) electrons. The molecule has 4 fully saturated rings. The van der Waals surface area contributed by atoms with E-state index in [0.717, 1.165) is 37.0 Å². The second-order valence-electron chi connectivity index (χ2n) is 10.2. The Bertz CT molecular complexity index is 529. The summed E-state index contributed by atoms with van der Waals surface area (Å²) >= 11 is 0. The monoisotopic (exact) mass is 364 g/mol. The number of carbonyl (C=O) groups is 2. The fourth-order valence-electron chi connectivity index (χ4n) is 6.19. The molecule has 4 bridgehead atoms. The molecular weight excluding hydrogens is 328 g/mol. The molecule has 1 unspecified atom stereocenters. The van der Waals surface area contributed by atoms with Gasteiger partial charge in [-0.25, -0.2) is 0 Å². The zero-order valence-electron chi connectivity index (χ0n) is 17.2. The van der Waals surface area contributed by atoms with Crippen LogP contribution in [0.4, 0.5) is 0 Å². The Balaban J connectivity index is 1.69. The molecule has 0 N–H and O–H groups in total. The Kier molecular flexibility index (Phi) is 5.18. The first-order valence-corrected chi connectivity index (χ1v) is 10.5. The summed E-state index contributed by atoms with van der Waals surface area (Å²) in [4.78, 5) is 25.6. The van der Waals surface area contributed by atoms with E-state index < -0.39 is 10.8 Å². The number of hydrogen-bond acceptors (Lipinski definition) is 4. The first kappa shape index (κ1) is 19.7. The van der Waals surface area contributed by atoms with Crippen molar-refractivity contribution < 1.29 is 19.1 Å². The van der Waals surface area contributed by atoms with Crippen LogP contribution in [0.1, 0.15) is 86.0 Å². The van der Waals surface area contributed by atoms with Crippen LogP contribution in [0.5, 0.6) is 0 Å². The van der Waals surface area contributed by atoms with E-state index in [-0.39, 0.29) is 17.5 Å². The molecule has 0 aliphatic heterocycles. The van der Waals surface area contributed by atoms with Crippen LogP contribution in [0.15, 0.2) is 0 Å². The molecule has 0 aromatic heterocycles. The molecule has 0 aromatic carbocycles. The van der Waals surface area contributed by atoms with Crippen molar-refractivity contribution in [3.8, 4) is 0 Å². The highest BCUT2D eigenvalue weighted by molar-refractivity contribution is 5.80. The van der Waals surface area contributed by atoms with Crippen LogP contribution in [0.25, 0.3) is 0 Å². The van der Waals surface area contributed by atoms with Gasteiger partial charge < -0.3 is 9.47 Å². The molecule has 4 aliphatic rings. The average Bonchev–Trinajstić information content (AvgIpc) is 2.52. The van der Waals surface area contributed by atoms with Crippen molar-refractivity contribution >= 4 is 11.9 Å². The zero-order chi connectivity index (χ0) is 19.2. The molecule has 4 saturated carbocycles. The van der Waals surface area contributed by atoms with Crippen LogP contribution in [-0.4, -0.2) is 24.1 Å². The fourth-order valence-corrected chi connectivity index (χ4v) is 6.19. The van der Waals surface area contributed by atoms with E-state index in [1.54, 1.807) is 0 Å². The van der Waals surface area contributed by atoms with Crippen molar-refractivity contribution in [1.29, 1.82) is 0 Å². The van der Waals surface area contributed by atoms with E-state index in [4.69, 9.17) is 9.47 Å². The minimum absolute atomic E-state index is 0.136. The number of carbonyl (C=O) groups excluding carboxylic acids is 2. The normalized spacial score (nSPS) is 35.0. The molecule has 148 valence electrons. The van der Waals surface area contributed by atoms with Gasteiger partial charge in [0.25, 0.3) is 0 Å². The molecule has 0 spiro atoms. The summed E-state index contributed by atoms with van der Waals surface area (Å²) in [5.41, 5.74) is -1.57. The number of rotatable bonds is 7. The van der Waals surface area contributed by atoms with E-state index >= 15 is 0 Å². The molecule has 0 saturated heterocycles. The molecule has 0 amide bonds. The third kappa shape index (κ3) is 3.66. The van der Waals surface area contributed by atoms with Crippen LogP contribution in [0.3, 0.4) is 0 Å². The SMILES string of the molecule is CCOC(=O)C(C)(CC)CC(C)(C)C(=O)OC12CC3CC(CC(C3)C1)C2. The Morgan fingerprint density at radius 1 is 0.923 bits per heavy atom. The van der Waals surface area contributed by atoms with Crippen molar-refractivity contribution in [1.82, 2.24) is 0 Å². The Morgan fingerprint density at radius 3 is 1.85 bits per heavy atom. The number of ether oxygens (including phenoxy) is 2. The van der Waals surface area contributed by atoms with Crippen LogP contribution < -0.4 is 0 Å². The summed E-state index contributed by atoms with van der Waals surface area (Å²) in [6.45, 7) is 9.92. The molecule has 4 nitrogen and oxygen atoms in total. The summed E-state index contributed by atoms with van der Waals surface area (Å²) in [6.07, 6.45) is 8.24. The van der Waals surface area contributed by atoms with E-state index in [9.17, 15) is 9.59 Å². The van der Waals surface area contributed by atoms with E-state index in [0.29, 0.717) is 19.4 Å². The van der Waals surface area contributed by atoms with Crippen molar-refractivity contribution in [3.05, 3.63) is 0 Å².